The topological polar surface area (TPSA) is 63.1 Å². The van der Waals surface area contributed by atoms with Gasteiger partial charge in [0.1, 0.15) is 0 Å². The summed E-state index contributed by atoms with van der Waals surface area (Å²) in [6, 6.07) is 25.5. The summed E-state index contributed by atoms with van der Waals surface area (Å²) in [5, 5.41) is 6.95. The van der Waals surface area contributed by atoms with Crippen LogP contribution in [0.5, 0.6) is 0 Å². The highest BCUT2D eigenvalue weighted by Gasteiger charge is 2.10. The van der Waals surface area contributed by atoms with Crippen molar-refractivity contribution in [2.45, 2.75) is 0 Å². The lowest BCUT2D eigenvalue weighted by Gasteiger charge is -2.09. The van der Waals surface area contributed by atoms with E-state index in [2.05, 4.69) is 20.5 Å². The van der Waals surface area contributed by atoms with Crippen molar-refractivity contribution in [3.63, 3.8) is 0 Å². The van der Waals surface area contributed by atoms with Gasteiger partial charge in [0.25, 0.3) is 0 Å². The molecule has 2 heterocycles. The summed E-state index contributed by atoms with van der Waals surface area (Å²) in [5.41, 5.74) is 7.42. The highest BCUT2D eigenvalue weighted by molar-refractivity contribution is 6.31. The fourth-order valence-electron chi connectivity index (χ4n) is 3.36. The lowest BCUT2D eigenvalue weighted by atomic mass is 10.1. The smallest absolute Gasteiger partial charge is 0.244 e. The summed E-state index contributed by atoms with van der Waals surface area (Å²) in [7, 11) is 0. The van der Waals surface area contributed by atoms with Crippen LogP contribution in [0.4, 0.5) is 5.95 Å². The zero-order valence-electron chi connectivity index (χ0n) is 15.8. The highest BCUT2D eigenvalue weighted by Crippen LogP contribution is 2.29. The molecule has 0 atom stereocenters. The molecular weight excluding hydrogens is 394 g/mol. The molecule has 0 amide bonds. The van der Waals surface area contributed by atoms with Gasteiger partial charge < -0.3 is 0 Å². The average molecular weight is 410 g/mol. The van der Waals surface area contributed by atoms with Crippen LogP contribution in [-0.2, 0) is 0 Å². The Labute approximate surface area is 178 Å². The zero-order chi connectivity index (χ0) is 20.3. The van der Waals surface area contributed by atoms with Gasteiger partial charge in [-0.1, -0.05) is 60.1 Å². The predicted molar refractivity (Wildman–Crippen MR) is 123 cm³/mol. The number of hydrogen-bond acceptors (Lipinski definition) is 5. The van der Waals surface area contributed by atoms with Gasteiger partial charge in [-0.25, -0.2) is 15.4 Å². The number of fused-ring (bicyclic) bond motifs is 2. The number of para-hydroxylation sites is 1. The Morgan fingerprint density at radius 1 is 0.800 bits per heavy atom. The first kappa shape index (κ1) is 18.2. The van der Waals surface area contributed by atoms with Crippen LogP contribution in [0.2, 0.25) is 5.02 Å². The first-order valence-electron chi connectivity index (χ1n) is 9.43. The van der Waals surface area contributed by atoms with Gasteiger partial charge in [-0.2, -0.15) is 5.10 Å². The van der Waals surface area contributed by atoms with E-state index >= 15 is 0 Å². The Balaban J connectivity index is 1.53. The number of rotatable bonds is 4. The minimum atomic E-state index is 0.401. The quantitative estimate of drug-likeness (QED) is 0.294. The van der Waals surface area contributed by atoms with Crippen LogP contribution >= 0.6 is 11.6 Å². The molecule has 6 heteroatoms. The second kappa shape index (κ2) is 7.89. The Bertz CT molecular complexity index is 1380. The molecule has 144 valence electrons. The molecule has 5 nitrogen and oxygen atoms in total. The number of pyridine rings is 1. The van der Waals surface area contributed by atoms with E-state index in [4.69, 9.17) is 16.6 Å². The molecule has 5 aromatic rings. The highest BCUT2D eigenvalue weighted by atomic mass is 35.5. The third-order valence-corrected chi connectivity index (χ3v) is 4.99. The number of nitrogens with one attached hydrogen (secondary N) is 1. The van der Waals surface area contributed by atoms with Gasteiger partial charge in [0.05, 0.1) is 22.9 Å². The van der Waals surface area contributed by atoms with Crippen molar-refractivity contribution >= 4 is 45.6 Å². The first-order chi connectivity index (χ1) is 14.8. The Hall–Kier alpha value is -3.83. The van der Waals surface area contributed by atoms with Crippen LogP contribution in [0.25, 0.3) is 33.1 Å². The van der Waals surface area contributed by atoms with Crippen molar-refractivity contribution in [2.24, 2.45) is 5.10 Å². The number of hydrazone groups is 1. The largest absolute Gasteiger partial charge is 0.256 e. The van der Waals surface area contributed by atoms with E-state index in [9.17, 15) is 0 Å². The maximum absolute atomic E-state index is 6.19. The van der Waals surface area contributed by atoms with E-state index in [1.807, 2.05) is 78.9 Å². The molecule has 3 aromatic carbocycles. The van der Waals surface area contributed by atoms with Crippen molar-refractivity contribution in [1.29, 1.82) is 0 Å². The first-order valence-corrected chi connectivity index (χ1v) is 9.81. The molecule has 0 saturated heterocycles. The van der Waals surface area contributed by atoms with E-state index in [-0.39, 0.29) is 0 Å². The summed E-state index contributed by atoms with van der Waals surface area (Å²) in [4.78, 5) is 13.7. The Kier molecular flexibility index (Phi) is 4.79. The van der Waals surface area contributed by atoms with Gasteiger partial charge in [0.2, 0.25) is 5.95 Å². The number of nitrogens with zero attached hydrogens (tertiary/aromatic N) is 4. The maximum atomic E-state index is 6.19. The number of benzene rings is 3. The van der Waals surface area contributed by atoms with Crippen LogP contribution in [0.15, 0.2) is 90.2 Å². The van der Waals surface area contributed by atoms with E-state index in [0.717, 1.165) is 38.6 Å². The maximum Gasteiger partial charge on any atom is 0.244 e. The average Bonchev–Trinajstić information content (AvgIpc) is 2.79. The normalized spacial score (nSPS) is 11.4. The molecule has 0 aliphatic carbocycles. The molecule has 30 heavy (non-hydrogen) atoms. The lowest BCUT2D eigenvalue weighted by Crippen LogP contribution is -2.00. The number of hydrogen-bond donors (Lipinski definition) is 1. The second-order valence-corrected chi connectivity index (χ2v) is 7.15. The van der Waals surface area contributed by atoms with E-state index in [1.54, 1.807) is 12.4 Å². The second-order valence-electron chi connectivity index (χ2n) is 6.71. The predicted octanol–water partition coefficient (Wildman–Crippen LogP) is 5.94. The van der Waals surface area contributed by atoms with Crippen LogP contribution < -0.4 is 5.43 Å². The fraction of sp³-hybridized carbons (Fsp3) is 0. The molecule has 0 spiro atoms. The van der Waals surface area contributed by atoms with E-state index < -0.39 is 0 Å². The Morgan fingerprint density at radius 3 is 2.53 bits per heavy atom. The summed E-state index contributed by atoms with van der Waals surface area (Å²) < 4.78 is 0. The number of halogens is 1. The van der Waals surface area contributed by atoms with E-state index in [0.29, 0.717) is 11.0 Å². The molecule has 2 aromatic heterocycles. The van der Waals surface area contributed by atoms with Gasteiger partial charge in [-0.05, 0) is 30.3 Å². The SMILES string of the molecule is Clc1ccc2c(-c3ccccc3)nc(NN=Cc3ccnc4ccccc34)nc2c1. The fourth-order valence-corrected chi connectivity index (χ4v) is 3.53. The van der Waals surface area contributed by atoms with Gasteiger partial charge in [0, 0.05) is 33.1 Å². The molecule has 0 fully saturated rings. The minimum Gasteiger partial charge on any atom is -0.256 e. The number of aromatic nitrogens is 3. The van der Waals surface area contributed by atoms with E-state index in [1.165, 1.54) is 0 Å². The van der Waals surface area contributed by atoms with Crippen LogP contribution in [0, 0.1) is 0 Å². The van der Waals surface area contributed by atoms with Crippen molar-refractivity contribution in [3.05, 3.63) is 95.6 Å². The molecule has 0 saturated carbocycles. The van der Waals surface area contributed by atoms with Crippen molar-refractivity contribution in [1.82, 2.24) is 15.0 Å². The third kappa shape index (κ3) is 3.58. The summed E-state index contributed by atoms with van der Waals surface area (Å²) >= 11 is 6.19. The van der Waals surface area contributed by atoms with Crippen molar-refractivity contribution in [3.8, 4) is 11.3 Å². The van der Waals surface area contributed by atoms with Crippen LogP contribution in [-0.4, -0.2) is 21.2 Å². The Morgan fingerprint density at radius 2 is 1.63 bits per heavy atom. The molecule has 0 aliphatic heterocycles. The van der Waals surface area contributed by atoms with Crippen molar-refractivity contribution in [2.75, 3.05) is 5.43 Å². The van der Waals surface area contributed by atoms with Crippen LogP contribution in [0.3, 0.4) is 0 Å². The van der Waals surface area contributed by atoms with Crippen molar-refractivity contribution < 1.29 is 0 Å². The third-order valence-electron chi connectivity index (χ3n) is 4.76. The summed E-state index contributed by atoms with van der Waals surface area (Å²) in [5.74, 6) is 0.401. The molecule has 1 N–H and O–H groups in total. The van der Waals surface area contributed by atoms with Crippen LogP contribution in [0.1, 0.15) is 5.56 Å². The zero-order valence-corrected chi connectivity index (χ0v) is 16.6. The van der Waals surface area contributed by atoms with Gasteiger partial charge in [-0.15, -0.1) is 0 Å². The molecule has 0 radical (unpaired) electrons. The molecule has 5 rings (SSSR count). The monoisotopic (exact) mass is 409 g/mol. The van der Waals surface area contributed by atoms with Gasteiger partial charge in [-0.3, -0.25) is 4.98 Å². The van der Waals surface area contributed by atoms with Gasteiger partial charge >= 0.3 is 0 Å². The standard InChI is InChI=1S/C24H16ClN5/c25-18-10-11-20-22(14-18)28-24(29-23(20)16-6-2-1-3-7-16)30-27-15-17-12-13-26-21-9-5-4-8-19(17)21/h1-15H,(H,28,29,30). The molecule has 0 aliphatic rings. The molecular formula is C24H16ClN5. The lowest BCUT2D eigenvalue weighted by molar-refractivity contribution is 1.16. The minimum absolute atomic E-state index is 0.401. The molecule has 0 bridgehead atoms. The van der Waals surface area contributed by atoms with Gasteiger partial charge in [0.15, 0.2) is 0 Å². The summed E-state index contributed by atoms with van der Waals surface area (Å²) in [6.07, 6.45) is 3.52. The summed E-state index contributed by atoms with van der Waals surface area (Å²) in [6.45, 7) is 0. The molecule has 0 unspecified atom stereocenters. The number of anilines is 1.